The number of carbonyl (C=O) groups is 1. The number of nitrogens with one attached hydrogen (secondary N) is 1. The van der Waals surface area contributed by atoms with Crippen LogP contribution in [0.5, 0.6) is 0 Å². The molecule has 1 saturated carbocycles. The Balaban J connectivity index is 1.70. The van der Waals surface area contributed by atoms with E-state index in [9.17, 15) is 4.79 Å². The lowest BCUT2D eigenvalue weighted by atomic mass is 9.78. The molecule has 2 atom stereocenters. The maximum absolute atomic E-state index is 12.6. The minimum absolute atomic E-state index is 0.290. The van der Waals surface area contributed by atoms with Crippen LogP contribution in [0.1, 0.15) is 60.3 Å². The second kappa shape index (κ2) is 5.72. The van der Waals surface area contributed by atoms with Crippen LogP contribution in [0.15, 0.2) is 6.07 Å². The summed E-state index contributed by atoms with van der Waals surface area (Å²) in [6.45, 7) is 5.73. The first-order valence-corrected chi connectivity index (χ1v) is 8.08. The largest absolute Gasteiger partial charge is 0.362 e. The first-order chi connectivity index (χ1) is 9.65. The quantitative estimate of drug-likeness (QED) is 0.857. The number of carbonyl (C=O) groups excluding carboxylic acids is 1. The van der Waals surface area contributed by atoms with Gasteiger partial charge in [-0.3, -0.25) is 9.69 Å². The predicted octanol–water partition coefficient (Wildman–Crippen LogP) is 3.47. The van der Waals surface area contributed by atoms with Crippen LogP contribution in [0.4, 0.5) is 0 Å². The molecule has 0 spiro atoms. The molecule has 2 aliphatic rings. The highest BCUT2D eigenvalue weighted by atomic mass is 16.1. The smallest absolute Gasteiger partial charge is 0.178 e. The number of Topliss-reactive ketones (excluding diaryl/α,β-unsaturated/α-hetero) is 1. The van der Waals surface area contributed by atoms with Gasteiger partial charge in [0.15, 0.2) is 5.78 Å². The van der Waals surface area contributed by atoms with Gasteiger partial charge < -0.3 is 4.98 Å². The molecule has 0 bridgehead atoms. The van der Waals surface area contributed by atoms with Crippen molar-refractivity contribution in [1.29, 1.82) is 0 Å². The Bertz CT molecular complexity index is 489. The summed E-state index contributed by atoms with van der Waals surface area (Å²) >= 11 is 0. The van der Waals surface area contributed by atoms with E-state index in [-0.39, 0.29) is 5.78 Å². The standard InChI is InChI=1S/C17H26N2O/c1-12-10-15(13(2)18-12)17(20)11-19-9-5-7-14-6-3-4-8-16(14)19/h10,14,16,18H,3-9,11H2,1-2H3. The molecule has 0 radical (unpaired) electrons. The number of fused-ring (bicyclic) bond motifs is 1. The Kier molecular flexibility index (Phi) is 3.97. The molecule has 2 fully saturated rings. The fourth-order valence-corrected chi connectivity index (χ4v) is 4.21. The normalized spacial score (nSPS) is 27.3. The Labute approximate surface area is 121 Å². The van der Waals surface area contributed by atoms with Crippen molar-refractivity contribution in [2.24, 2.45) is 5.92 Å². The second-order valence-corrected chi connectivity index (χ2v) is 6.64. The zero-order valence-electron chi connectivity index (χ0n) is 12.7. The summed E-state index contributed by atoms with van der Waals surface area (Å²) in [6, 6.07) is 2.67. The summed E-state index contributed by atoms with van der Waals surface area (Å²) in [5.41, 5.74) is 2.99. The number of rotatable bonds is 3. The highest BCUT2D eigenvalue weighted by Gasteiger charge is 2.34. The molecular formula is C17H26N2O. The van der Waals surface area contributed by atoms with E-state index < -0.39 is 0 Å². The molecule has 0 aromatic carbocycles. The van der Waals surface area contributed by atoms with E-state index in [4.69, 9.17) is 0 Å². The van der Waals surface area contributed by atoms with Crippen LogP contribution in [0.2, 0.25) is 0 Å². The number of hydrogen-bond donors (Lipinski definition) is 1. The molecule has 2 heterocycles. The van der Waals surface area contributed by atoms with E-state index in [2.05, 4.69) is 9.88 Å². The average molecular weight is 274 g/mol. The lowest BCUT2D eigenvalue weighted by Gasteiger charge is -2.43. The second-order valence-electron chi connectivity index (χ2n) is 6.64. The third kappa shape index (κ3) is 2.69. The zero-order chi connectivity index (χ0) is 14.1. The van der Waals surface area contributed by atoms with Crippen molar-refractivity contribution in [2.75, 3.05) is 13.1 Å². The lowest BCUT2D eigenvalue weighted by Crippen LogP contribution is -2.48. The maximum atomic E-state index is 12.6. The number of likely N-dealkylation sites (tertiary alicyclic amines) is 1. The topological polar surface area (TPSA) is 36.1 Å². The van der Waals surface area contributed by atoms with Gasteiger partial charge in [-0.2, -0.15) is 0 Å². The third-order valence-electron chi connectivity index (χ3n) is 5.15. The molecule has 1 aromatic heterocycles. The molecule has 1 aromatic rings. The molecule has 1 aliphatic heterocycles. The minimum Gasteiger partial charge on any atom is -0.362 e. The molecule has 1 aliphatic carbocycles. The van der Waals surface area contributed by atoms with Gasteiger partial charge >= 0.3 is 0 Å². The van der Waals surface area contributed by atoms with Gasteiger partial charge in [-0.1, -0.05) is 12.8 Å². The molecule has 3 nitrogen and oxygen atoms in total. The molecule has 1 N–H and O–H groups in total. The number of hydrogen-bond acceptors (Lipinski definition) is 2. The van der Waals surface area contributed by atoms with Gasteiger partial charge in [0.2, 0.25) is 0 Å². The monoisotopic (exact) mass is 274 g/mol. The predicted molar refractivity (Wildman–Crippen MR) is 81.2 cm³/mol. The van der Waals surface area contributed by atoms with E-state index in [1.54, 1.807) is 0 Å². The van der Waals surface area contributed by atoms with E-state index in [1.807, 2.05) is 19.9 Å². The summed E-state index contributed by atoms with van der Waals surface area (Å²) in [6.07, 6.45) is 8.03. The lowest BCUT2D eigenvalue weighted by molar-refractivity contribution is 0.0539. The third-order valence-corrected chi connectivity index (χ3v) is 5.15. The number of piperidine rings is 1. The highest BCUT2D eigenvalue weighted by molar-refractivity contribution is 5.98. The van der Waals surface area contributed by atoms with Crippen LogP contribution in [-0.2, 0) is 0 Å². The Morgan fingerprint density at radius 1 is 1.25 bits per heavy atom. The van der Waals surface area contributed by atoms with Crippen molar-refractivity contribution in [3.8, 4) is 0 Å². The molecule has 0 amide bonds. The molecular weight excluding hydrogens is 248 g/mol. The van der Waals surface area contributed by atoms with Gasteiger partial charge in [0, 0.05) is 23.0 Å². The SMILES string of the molecule is Cc1cc(C(=O)CN2CCCC3CCCCC32)c(C)[nH]1. The molecule has 2 unspecified atom stereocenters. The number of aromatic nitrogens is 1. The van der Waals surface area contributed by atoms with Gasteiger partial charge in [-0.15, -0.1) is 0 Å². The molecule has 3 heteroatoms. The van der Waals surface area contributed by atoms with Crippen molar-refractivity contribution in [2.45, 2.75) is 58.4 Å². The summed E-state index contributed by atoms with van der Waals surface area (Å²) in [4.78, 5) is 18.3. The van der Waals surface area contributed by atoms with E-state index in [1.165, 1.54) is 38.5 Å². The Hall–Kier alpha value is -1.09. The zero-order valence-corrected chi connectivity index (χ0v) is 12.7. The molecule has 20 heavy (non-hydrogen) atoms. The first kappa shape index (κ1) is 13.9. The Morgan fingerprint density at radius 3 is 2.75 bits per heavy atom. The minimum atomic E-state index is 0.290. The fraction of sp³-hybridized carbons (Fsp3) is 0.706. The average Bonchev–Trinajstić information content (AvgIpc) is 2.78. The number of nitrogens with zero attached hydrogens (tertiary/aromatic N) is 1. The number of ketones is 1. The van der Waals surface area contributed by atoms with Gasteiger partial charge in [-0.05, 0) is 58.1 Å². The van der Waals surface area contributed by atoms with Gasteiger partial charge in [0.1, 0.15) is 0 Å². The molecule has 3 rings (SSSR count). The van der Waals surface area contributed by atoms with Crippen LogP contribution in [0, 0.1) is 19.8 Å². The van der Waals surface area contributed by atoms with Crippen molar-refractivity contribution >= 4 is 5.78 Å². The first-order valence-electron chi connectivity index (χ1n) is 8.08. The van der Waals surface area contributed by atoms with Crippen molar-refractivity contribution in [3.05, 3.63) is 23.0 Å². The van der Waals surface area contributed by atoms with Crippen molar-refractivity contribution < 1.29 is 4.79 Å². The van der Waals surface area contributed by atoms with Crippen LogP contribution in [0.25, 0.3) is 0 Å². The number of aromatic amines is 1. The van der Waals surface area contributed by atoms with Crippen molar-refractivity contribution in [3.63, 3.8) is 0 Å². The summed E-state index contributed by atoms with van der Waals surface area (Å²) in [5.74, 6) is 1.14. The number of H-pyrrole nitrogens is 1. The summed E-state index contributed by atoms with van der Waals surface area (Å²) < 4.78 is 0. The van der Waals surface area contributed by atoms with Crippen LogP contribution in [-0.4, -0.2) is 34.8 Å². The maximum Gasteiger partial charge on any atom is 0.178 e. The van der Waals surface area contributed by atoms with E-state index >= 15 is 0 Å². The Morgan fingerprint density at radius 2 is 2.00 bits per heavy atom. The molecule has 1 saturated heterocycles. The van der Waals surface area contributed by atoms with Crippen molar-refractivity contribution in [1.82, 2.24) is 9.88 Å². The number of aryl methyl sites for hydroxylation is 2. The van der Waals surface area contributed by atoms with E-state index in [0.717, 1.165) is 29.4 Å². The fourth-order valence-electron chi connectivity index (χ4n) is 4.21. The summed E-state index contributed by atoms with van der Waals surface area (Å²) in [5, 5.41) is 0. The van der Waals surface area contributed by atoms with Gasteiger partial charge in [-0.25, -0.2) is 0 Å². The molecule has 110 valence electrons. The van der Waals surface area contributed by atoms with E-state index in [0.29, 0.717) is 12.6 Å². The van der Waals surface area contributed by atoms with Crippen LogP contribution >= 0.6 is 0 Å². The highest BCUT2D eigenvalue weighted by Crippen LogP contribution is 2.35. The van der Waals surface area contributed by atoms with Gasteiger partial charge in [0.05, 0.1) is 6.54 Å². The van der Waals surface area contributed by atoms with Crippen LogP contribution < -0.4 is 0 Å². The van der Waals surface area contributed by atoms with Crippen LogP contribution in [0.3, 0.4) is 0 Å². The van der Waals surface area contributed by atoms with Gasteiger partial charge in [0.25, 0.3) is 0 Å². The summed E-state index contributed by atoms with van der Waals surface area (Å²) in [7, 11) is 0.